The monoisotopic (exact) mass is 518 g/mol. The Morgan fingerprint density at radius 2 is 1.92 bits per heavy atom. The molecule has 1 aliphatic heterocycles. The highest BCUT2D eigenvalue weighted by atomic mass is 35.5. The van der Waals surface area contributed by atoms with Crippen molar-refractivity contribution in [2.75, 3.05) is 30.1 Å². The van der Waals surface area contributed by atoms with Crippen LogP contribution in [0.3, 0.4) is 0 Å². The summed E-state index contributed by atoms with van der Waals surface area (Å²) in [6.07, 6.45) is 0. The van der Waals surface area contributed by atoms with E-state index in [1.165, 1.54) is 27.4 Å². The van der Waals surface area contributed by atoms with Crippen molar-refractivity contribution < 1.29 is 23.1 Å². The summed E-state index contributed by atoms with van der Waals surface area (Å²) >= 11 is 6.24. The number of nitrogens with zero attached hydrogens (tertiary/aromatic N) is 4. The molecule has 3 aromatic rings. The lowest BCUT2D eigenvalue weighted by molar-refractivity contribution is -0.117. The zero-order valence-electron chi connectivity index (χ0n) is 19.2. The molecule has 0 atom stereocenters. The van der Waals surface area contributed by atoms with Crippen molar-refractivity contribution in [3.63, 3.8) is 0 Å². The van der Waals surface area contributed by atoms with Crippen LogP contribution in [-0.4, -0.2) is 41.8 Å². The topological polar surface area (TPSA) is 123 Å². The molecule has 3 N–H and O–H groups in total. The summed E-state index contributed by atoms with van der Waals surface area (Å²) in [4.78, 5) is 44.5. The van der Waals surface area contributed by atoms with Gasteiger partial charge in [-0.1, -0.05) is 11.6 Å². The predicted octanol–water partition coefficient (Wildman–Crippen LogP) is 2.46. The van der Waals surface area contributed by atoms with Crippen molar-refractivity contribution in [2.45, 2.75) is 13.5 Å². The summed E-state index contributed by atoms with van der Waals surface area (Å²) in [7, 11) is 1.61. The molecule has 2 aromatic carbocycles. The first-order chi connectivity index (χ1) is 17.1. The minimum atomic E-state index is -0.809. The largest absolute Gasteiger partial charge is 0.471 e. The number of amides is 3. The van der Waals surface area contributed by atoms with Crippen LogP contribution in [0.15, 0.2) is 41.2 Å². The van der Waals surface area contributed by atoms with E-state index in [2.05, 4.69) is 10.3 Å². The number of hydrogen-bond donors (Lipinski definition) is 2. The van der Waals surface area contributed by atoms with Crippen LogP contribution in [0.1, 0.15) is 11.4 Å². The number of carbonyl (C=O) groups excluding carboxylic acids is 2. The van der Waals surface area contributed by atoms with Gasteiger partial charge in [-0.3, -0.25) is 24.0 Å². The third-order valence-corrected chi connectivity index (χ3v) is 5.85. The molecule has 0 radical (unpaired) electrons. The molecule has 36 heavy (non-hydrogen) atoms. The van der Waals surface area contributed by atoms with Gasteiger partial charge < -0.3 is 15.8 Å². The van der Waals surface area contributed by atoms with Gasteiger partial charge in [-0.25, -0.2) is 13.6 Å². The van der Waals surface area contributed by atoms with E-state index in [0.717, 1.165) is 12.1 Å². The molecule has 10 nitrogen and oxygen atoms in total. The average Bonchev–Trinajstić information content (AvgIpc) is 3.21. The van der Waals surface area contributed by atoms with E-state index < -0.39 is 23.2 Å². The van der Waals surface area contributed by atoms with Gasteiger partial charge in [0.1, 0.15) is 30.7 Å². The zero-order valence-corrected chi connectivity index (χ0v) is 20.0. The van der Waals surface area contributed by atoms with Gasteiger partial charge in [0.2, 0.25) is 11.8 Å². The summed E-state index contributed by atoms with van der Waals surface area (Å²) in [6.45, 7) is 1.15. The van der Waals surface area contributed by atoms with Gasteiger partial charge in [0.15, 0.2) is 5.02 Å². The smallest absolute Gasteiger partial charge is 0.320 e. The first-order valence-corrected chi connectivity index (χ1v) is 11.0. The number of urea groups is 1. The lowest BCUT2D eigenvalue weighted by Crippen LogP contribution is -2.43. The number of rotatable bonds is 6. The molecule has 1 aromatic heterocycles. The number of ether oxygens (including phenoxy) is 1. The minimum absolute atomic E-state index is 0.0172. The third-order valence-electron chi connectivity index (χ3n) is 5.52. The molecular formula is C23H21ClF2N6O4. The Morgan fingerprint density at radius 1 is 1.17 bits per heavy atom. The Hall–Kier alpha value is -4.03. The Bertz CT molecular complexity index is 1430. The molecule has 13 heteroatoms. The zero-order chi connectivity index (χ0) is 26.1. The van der Waals surface area contributed by atoms with Crippen LogP contribution in [-0.2, 0) is 11.4 Å². The second kappa shape index (κ2) is 9.91. The molecule has 4 rings (SSSR count). The lowest BCUT2D eigenvalue weighted by Gasteiger charge is -2.18. The van der Waals surface area contributed by atoms with Crippen molar-refractivity contribution in [1.82, 2.24) is 14.9 Å². The molecule has 2 heterocycles. The van der Waals surface area contributed by atoms with E-state index in [9.17, 15) is 23.2 Å². The van der Waals surface area contributed by atoms with E-state index in [-0.39, 0.29) is 48.0 Å². The van der Waals surface area contributed by atoms with Crippen molar-refractivity contribution in [1.29, 1.82) is 0 Å². The molecule has 0 saturated heterocycles. The molecule has 0 bridgehead atoms. The van der Waals surface area contributed by atoms with Gasteiger partial charge in [0.25, 0.3) is 5.56 Å². The summed E-state index contributed by atoms with van der Waals surface area (Å²) in [6, 6.07) is 6.94. The number of halogens is 3. The minimum Gasteiger partial charge on any atom is -0.471 e. The van der Waals surface area contributed by atoms with E-state index in [0.29, 0.717) is 17.1 Å². The number of carbonyl (C=O) groups is 2. The number of nitrogens with one attached hydrogen (secondary N) is 1. The number of likely N-dealkylation sites (N-methyl/N-ethyl adjacent to an activating group) is 1. The van der Waals surface area contributed by atoms with Crippen molar-refractivity contribution in [2.24, 2.45) is 5.73 Å². The first kappa shape index (κ1) is 25.1. The van der Waals surface area contributed by atoms with Gasteiger partial charge in [0.05, 0.1) is 23.6 Å². The Balaban J connectivity index is 1.70. The van der Waals surface area contributed by atoms with Gasteiger partial charge in [-0.05, 0) is 44.3 Å². The first-order valence-electron chi connectivity index (χ1n) is 10.6. The molecule has 3 amide bonds. The highest BCUT2D eigenvalue weighted by molar-refractivity contribution is 6.31. The average molecular weight is 519 g/mol. The van der Waals surface area contributed by atoms with Gasteiger partial charge in [-0.2, -0.15) is 4.98 Å². The number of benzene rings is 2. The van der Waals surface area contributed by atoms with Gasteiger partial charge >= 0.3 is 6.03 Å². The third kappa shape index (κ3) is 4.60. The maximum absolute atomic E-state index is 13.9. The van der Waals surface area contributed by atoms with Crippen LogP contribution in [0.25, 0.3) is 5.69 Å². The van der Waals surface area contributed by atoms with Gasteiger partial charge in [0, 0.05) is 11.6 Å². The fraction of sp³-hybridized carbons (Fsp3) is 0.217. The molecule has 0 fully saturated rings. The molecule has 0 spiro atoms. The molecule has 0 unspecified atom stereocenters. The van der Waals surface area contributed by atoms with Crippen LogP contribution in [0.4, 0.5) is 25.0 Å². The fourth-order valence-electron chi connectivity index (χ4n) is 3.80. The van der Waals surface area contributed by atoms with Crippen LogP contribution in [0.5, 0.6) is 5.88 Å². The molecule has 1 aliphatic rings. The van der Waals surface area contributed by atoms with Crippen LogP contribution in [0.2, 0.25) is 5.02 Å². The van der Waals surface area contributed by atoms with Crippen molar-refractivity contribution in [3.05, 3.63) is 74.8 Å². The number of aryl methyl sites for hydroxylation is 1. The van der Waals surface area contributed by atoms with Gasteiger partial charge in [-0.15, -0.1) is 0 Å². The van der Waals surface area contributed by atoms with Crippen LogP contribution >= 0.6 is 11.6 Å². The number of aromatic nitrogens is 2. The SMILES string of the molecule is CNCC(=O)N1CN(C(N)=O)c2ccc(-n3c(C)nc(OCc4ccc(F)cc4F)c(Cl)c3=O)cc21. The maximum atomic E-state index is 13.9. The van der Waals surface area contributed by atoms with Crippen LogP contribution in [0, 0.1) is 18.6 Å². The summed E-state index contributed by atoms with van der Waals surface area (Å²) in [5.74, 6) is -1.87. The normalized spacial score (nSPS) is 12.6. The molecular weight excluding hydrogens is 498 g/mol. The van der Waals surface area contributed by atoms with Crippen molar-refractivity contribution >= 4 is 34.9 Å². The van der Waals surface area contributed by atoms with E-state index in [4.69, 9.17) is 22.1 Å². The van der Waals surface area contributed by atoms with Crippen LogP contribution < -0.4 is 31.1 Å². The second-order valence-electron chi connectivity index (χ2n) is 7.88. The fourth-order valence-corrected chi connectivity index (χ4v) is 3.99. The number of hydrogen-bond acceptors (Lipinski definition) is 6. The Morgan fingerprint density at radius 3 is 2.58 bits per heavy atom. The van der Waals surface area contributed by atoms with E-state index in [1.807, 2.05) is 0 Å². The molecule has 0 saturated carbocycles. The lowest BCUT2D eigenvalue weighted by atomic mass is 10.2. The highest BCUT2D eigenvalue weighted by Gasteiger charge is 2.33. The summed E-state index contributed by atoms with van der Waals surface area (Å²) in [5.41, 5.74) is 5.96. The standard InChI is InChI=1S/C23H21ClF2N6O4/c1-12-29-21(36-10-13-3-4-14(25)7-16(13)26)20(24)22(34)32(12)15-5-6-17-18(8-15)30(19(33)9-28-2)11-31(17)23(27)35/h3-8,28H,9-11H2,1-2H3,(H2,27,35). The number of anilines is 2. The van der Waals surface area contributed by atoms with Crippen molar-refractivity contribution in [3.8, 4) is 11.6 Å². The Kier molecular flexibility index (Phi) is 6.91. The second-order valence-corrected chi connectivity index (χ2v) is 8.25. The number of nitrogens with two attached hydrogens (primary N) is 1. The number of primary amides is 1. The predicted molar refractivity (Wildman–Crippen MR) is 129 cm³/mol. The molecule has 0 aliphatic carbocycles. The maximum Gasteiger partial charge on any atom is 0.320 e. The number of fused-ring (bicyclic) bond motifs is 1. The quantitative estimate of drug-likeness (QED) is 0.517. The summed E-state index contributed by atoms with van der Waals surface area (Å²) < 4.78 is 33.7. The highest BCUT2D eigenvalue weighted by Crippen LogP contribution is 2.37. The summed E-state index contributed by atoms with van der Waals surface area (Å²) in [5, 5.41) is 2.41. The Labute approximate surface area is 208 Å². The van der Waals surface area contributed by atoms with E-state index >= 15 is 0 Å². The molecule has 188 valence electrons. The van der Waals surface area contributed by atoms with E-state index in [1.54, 1.807) is 25.2 Å².